The molecule has 8 heteroatoms. The molecular formula is C22H20F2N4O2. The van der Waals surface area contributed by atoms with Gasteiger partial charge in [-0.25, -0.2) is 18.7 Å². The molecule has 1 aliphatic rings. The fourth-order valence-electron chi connectivity index (χ4n) is 3.65. The topological polar surface area (TPSA) is 81.3 Å². The number of aromatic nitrogens is 2. The Bertz CT molecular complexity index is 1060. The van der Waals surface area contributed by atoms with Gasteiger partial charge < -0.3 is 15.4 Å². The van der Waals surface area contributed by atoms with Gasteiger partial charge in [-0.05, 0) is 54.8 Å². The molecule has 1 saturated heterocycles. The van der Waals surface area contributed by atoms with Gasteiger partial charge in [0.15, 0.2) is 6.61 Å². The first-order valence-corrected chi connectivity index (χ1v) is 9.57. The average Bonchev–Trinajstić information content (AvgIpc) is 3.23. The number of likely N-dealkylation sites (tertiary alicyclic amines) is 1. The molecule has 0 saturated carbocycles. The number of benzene rings is 2. The summed E-state index contributed by atoms with van der Waals surface area (Å²) in [5, 5.41) is 0. The summed E-state index contributed by atoms with van der Waals surface area (Å²) in [4.78, 5) is 23.0. The number of anilines is 1. The van der Waals surface area contributed by atoms with Gasteiger partial charge >= 0.3 is 0 Å². The molecule has 0 aliphatic carbocycles. The molecule has 1 aromatic heterocycles. The molecule has 4 rings (SSSR count). The number of carbonyl (C=O) groups is 1. The van der Waals surface area contributed by atoms with Gasteiger partial charge in [-0.1, -0.05) is 12.1 Å². The van der Waals surface area contributed by atoms with Gasteiger partial charge in [0.2, 0.25) is 5.95 Å². The van der Waals surface area contributed by atoms with E-state index in [2.05, 4.69) is 9.97 Å². The lowest BCUT2D eigenvalue weighted by Gasteiger charge is -2.26. The monoisotopic (exact) mass is 410 g/mol. The molecule has 2 aromatic carbocycles. The second-order valence-corrected chi connectivity index (χ2v) is 7.03. The lowest BCUT2D eigenvalue weighted by molar-refractivity contribution is -0.134. The van der Waals surface area contributed by atoms with Crippen LogP contribution in [0.3, 0.4) is 0 Å². The van der Waals surface area contributed by atoms with Crippen molar-refractivity contribution >= 4 is 11.9 Å². The van der Waals surface area contributed by atoms with Crippen LogP contribution in [-0.2, 0) is 4.79 Å². The van der Waals surface area contributed by atoms with Crippen molar-refractivity contribution in [2.45, 2.75) is 18.9 Å². The number of nitrogens with two attached hydrogens (primary N) is 1. The van der Waals surface area contributed by atoms with Gasteiger partial charge in [-0.3, -0.25) is 4.79 Å². The van der Waals surface area contributed by atoms with Gasteiger partial charge in [0.05, 0.1) is 11.7 Å². The van der Waals surface area contributed by atoms with E-state index in [9.17, 15) is 13.6 Å². The summed E-state index contributed by atoms with van der Waals surface area (Å²) in [6, 6.07) is 11.3. The summed E-state index contributed by atoms with van der Waals surface area (Å²) in [6.45, 7) is 0.362. The van der Waals surface area contributed by atoms with E-state index in [1.807, 2.05) is 0 Å². The number of amides is 1. The Balaban J connectivity index is 1.58. The molecule has 0 radical (unpaired) electrons. The van der Waals surface area contributed by atoms with Crippen LogP contribution in [0.1, 0.15) is 24.6 Å². The zero-order valence-corrected chi connectivity index (χ0v) is 16.1. The van der Waals surface area contributed by atoms with Crippen molar-refractivity contribution in [2.24, 2.45) is 0 Å². The second-order valence-electron chi connectivity index (χ2n) is 7.03. The Hall–Kier alpha value is -3.55. The van der Waals surface area contributed by atoms with Crippen molar-refractivity contribution in [3.05, 3.63) is 72.1 Å². The number of hydrogen-bond acceptors (Lipinski definition) is 5. The third kappa shape index (κ3) is 4.22. The molecule has 6 nitrogen and oxygen atoms in total. The minimum Gasteiger partial charge on any atom is -0.484 e. The fraction of sp³-hybridized carbons (Fsp3) is 0.227. The highest BCUT2D eigenvalue weighted by molar-refractivity contribution is 5.79. The first-order chi connectivity index (χ1) is 14.5. The second kappa shape index (κ2) is 8.44. The predicted molar refractivity (Wildman–Crippen MR) is 107 cm³/mol. The van der Waals surface area contributed by atoms with Crippen LogP contribution in [0.2, 0.25) is 0 Å². The molecule has 1 fully saturated rings. The van der Waals surface area contributed by atoms with Gasteiger partial charge in [-0.15, -0.1) is 0 Å². The number of carbonyl (C=O) groups excluding carboxylic acids is 1. The normalized spacial score (nSPS) is 15.9. The summed E-state index contributed by atoms with van der Waals surface area (Å²) in [5.41, 5.74) is 7.65. The summed E-state index contributed by atoms with van der Waals surface area (Å²) in [7, 11) is 0. The first-order valence-electron chi connectivity index (χ1n) is 9.57. The minimum absolute atomic E-state index is 0.0898. The Labute approximate surface area is 172 Å². The van der Waals surface area contributed by atoms with E-state index in [-0.39, 0.29) is 36.1 Å². The van der Waals surface area contributed by atoms with Crippen molar-refractivity contribution in [2.75, 3.05) is 18.9 Å². The third-order valence-corrected chi connectivity index (χ3v) is 5.04. The number of ether oxygens (including phenoxy) is 1. The van der Waals surface area contributed by atoms with Crippen molar-refractivity contribution in [1.29, 1.82) is 0 Å². The van der Waals surface area contributed by atoms with E-state index in [1.165, 1.54) is 36.4 Å². The molecule has 1 atom stereocenters. The first kappa shape index (κ1) is 19.8. The molecule has 1 unspecified atom stereocenters. The lowest BCUT2D eigenvalue weighted by Crippen LogP contribution is -2.35. The molecule has 1 aliphatic heterocycles. The smallest absolute Gasteiger partial charge is 0.261 e. The number of halogens is 2. The quantitative estimate of drug-likeness (QED) is 0.693. The van der Waals surface area contributed by atoms with Gasteiger partial charge in [0, 0.05) is 18.3 Å². The maximum absolute atomic E-state index is 13.8. The average molecular weight is 410 g/mol. The Kier molecular flexibility index (Phi) is 5.56. The molecular weight excluding hydrogens is 390 g/mol. The Morgan fingerprint density at radius 2 is 1.97 bits per heavy atom. The van der Waals surface area contributed by atoms with Crippen molar-refractivity contribution in [1.82, 2.24) is 14.9 Å². The van der Waals surface area contributed by atoms with E-state index in [4.69, 9.17) is 10.5 Å². The van der Waals surface area contributed by atoms with Crippen LogP contribution in [0, 0.1) is 11.6 Å². The van der Waals surface area contributed by atoms with E-state index in [1.54, 1.807) is 23.2 Å². The molecule has 1 amide bonds. The maximum Gasteiger partial charge on any atom is 0.261 e. The Morgan fingerprint density at radius 3 is 2.73 bits per heavy atom. The highest BCUT2D eigenvalue weighted by Crippen LogP contribution is 2.37. The maximum atomic E-state index is 13.8. The van der Waals surface area contributed by atoms with Gasteiger partial charge in [0.25, 0.3) is 5.91 Å². The lowest BCUT2D eigenvalue weighted by atomic mass is 9.99. The predicted octanol–water partition coefficient (Wildman–Crippen LogP) is 3.75. The summed E-state index contributed by atoms with van der Waals surface area (Å²) in [6.07, 6.45) is 3.04. The summed E-state index contributed by atoms with van der Waals surface area (Å²) >= 11 is 0. The minimum atomic E-state index is -0.375. The molecule has 2 N–H and O–H groups in total. The van der Waals surface area contributed by atoms with E-state index in [0.717, 1.165) is 6.42 Å². The van der Waals surface area contributed by atoms with Crippen LogP contribution in [0.25, 0.3) is 11.1 Å². The number of nitrogen functional groups attached to an aromatic ring is 1. The molecule has 3 aromatic rings. The third-order valence-electron chi connectivity index (χ3n) is 5.04. The number of hydrogen-bond donors (Lipinski definition) is 1. The van der Waals surface area contributed by atoms with Crippen molar-refractivity contribution in [3.8, 4) is 16.9 Å². The van der Waals surface area contributed by atoms with Crippen molar-refractivity contribution < 1.29 is 18.3 Å². The molecule has 154 valence electrons. The van der Waals surface area contributed by atoms with Crippen LogP contribution in [-0.4, -0.2) is 33.9 Å². The number of nitrogens with zero attached hydrogens (tertiary/aromatic N) is 3. The summed E-state index contributed by atoms with van der Waals surface area (Å²) in [5.74, 6) is -0.467. The Morgan fingerprint density at radius 1 is 1.17 bits per heavy atom. The molecule has 0 spiro atoms. The fourth-order valence-corrected chi connectivity index (χ4v) is 3.65. The van der Waals surface area contributed by atoms with E-state index in [0.29, 0.717) is 35.5 Å². The van der Waals surface area contributed by atoms with E-state index < -0.39 is 0 Å². The molecule has 30 heavy (non-hydrogen) atoms. The highest BCUT2D eigenvalue weighted by Gasteiger charge is 2.33. The largest absolute Gasteiger partial charge is 0.484 e. The molecule has 2 heterocycles. The van der Waals surface area contributed by atoms with Gasteiger partial charge in [0.1, 0.15) is 17.4 Å². The SMILES string of the molecule is Nc1ncc(-c2cccc(F)c2)c(C2CCCN2C(=O)COc2ccc(F)cc2)n1. The van der Waals surface area contributed by atoms with Crippen molar-refractivity contribution in [3.63, 3.8) is 0 Å². The zero-order chi connectivity index (χ0) is 21.1. The van der Waals surface area contributed by atoms with Gasteiger partial charge in [-0.2, -0.15) is 0 Å². The zero-order valence-electron chi connectivity index (χ0n) is 16.1. The molecule has 0 bridgehead atoms. The van der Waals surface area contributed by atoms with Crippen LogP contribution >= 0.6 is 0 Å². The number of rotatable bonds is 5. The standard InChI is InChI=1S/C22H20F2N4O2/c23-15-6-8-17(9-7-15)30-13-20(29)28-10-2-5-19(28)21-18(12-26-22(25)27-21)14-3-1-4-16(24)11-14/h1,3-4,6-9,11-12,19H,2,5,10,13H2,(H2,25,26,27). The van der Waals surface area contributed by atoms with Crippen LogP contribution < -0.4 is 10.5 Å². The van der Waals surface area contributed by atoms with E-state index >= 15 is 0 Å². The van der Waals surface area contributed by atoms with Crippen LogP contribution in [0.4, 0.5) is 14.7 Å². The summed E-state index contributed by atoms with van der Waals surface area (Å²) < 4.78 is 32.3. The van der Waals surface area contributed by atoms with Crippen LogP contribution in [0.5, 0.6) is 5.75 Å². The van der Waals surface area contributed by atoms with Crippen LogP contribution in [0.15, 0.2) is 54.7 Å². The highest BCUT2D eigenvalue weighted by atomic mass is 19.1.